The molecule has 1 heterocycles. The lowest BCUT2D eigenvalue weighted by Gasteiger charge is -2.12. The summed E-state index contributed by atoms with van der Waals surface area (Å²) >= 11 is 0. The van der Waals surface area contributed by atoms with E-state index in [0.717, 1.165) is 0 Å². The van der Waals surface area contributed by atoms with Gasteiger partial charge in [-0.05, 0) is 31.1 Å². The van der Waals surface area contributed by atoms with E-state index in [1.165, 1.54) is 13.0 Å². The predicted octanol–water partition coefficient (Wildman–Crippen LogP) is 3.49. The first-order chi connectivity index (χ1) is 8.89. The van der Waals surface area contributed by atoms with Gasteiger partial charge in [0.2, 0.25) is 0 Å². The van der Waals surface area contributed by atoms with Gasteiger partial charge >= 0.3 is 6.29 Å². The third-order valence-corrected chi connectivity index (χ3v) is 2.75. The van der Waals surface area contributed by atoms with Crippen molar-refractivity contribution in [3.63, 3.8) is 0 Å². The van der Waals surface area contributed by atoms with Crippen molar-refractivity contribution >= 4 is 0 Å². The first kappa shape index (κ1) is 13.5. The van der Waals surface area contributed by atoms with Crippen LogP contribution < -0.4 is 0 Å². The molecule has 2 rings (SSSR count). The van der Waals surface area contributed by atoms with Crippen molar-refractivity contribution in [3.05, 3.63) is 59.1 Å². The van der Waals surface area contributed by atoms with E-state index in [-0.39, 0.29) is 11.5 Å². The quantitative estimate of drug-likeness (QED) is 0.912. The number of hydrogen-bond acceptors (Lipinski definition) is 3. The molecule has 0 saturated carbocycles. The topological polar surface area (TPSA) is 38.7 Å². The van der Waals surface area contributed by atoms with Gasteiger partial charge in [-0.3, -0.25) is 0 Å². The number of hydrogen-bond donors (Lipinski definition) is 1. The summed E-state index contributed by atoms with van der Waals surface area (Å²) in [5, 5.41) is 10.1. The minimum absolute atomic E-state index is 0.00962. The van der Waals surface area contributed by atoms with Gasteiger partial charge < -0.3 is 14.6 Å². The Bertz CT molecular complexity index is 521. The van der Waals surface area contributed by atoms with E-state index in [4.69, 9.17) is 0 Å². The molecule has 1 aromatic rings. The van der Waals surface area contributed by atoms with Crippen molar-refractivity contribution in [3.8, 4) is 0 Å². The third kappa shape index (κ3) is 3.12. The molecule has 0 aliphatic carbocycles. The highest BCUT2D eigenvalue weighted by Gasteiger charge is 2.42. The second kappa shape index (κ2) is 5.01. The fourth-order valence-electron chi connectivity index (χ4n) is 1.76. The van der Waals surface area contributed by atoms with Crippen LogP contribution in [0.3, 0.4) is 0 Å². The average molecular weight is 268 g/mol. The molecule has 3 nitrogen and oxygen atoms in total. The van der Waals surface area contributed by atoms with Crippen LogP contribution in [0.4, 0.5) is 8.78 Å². The normalized spacial score (nSPS) is 19.9. The standard InChI is InChI=1S/C14H14F2O3/c1-9(13(17)11-6-4-3-5-7-11)8-12-10(2)18-14(15,16)19-12/h3-8,13,17H,1-2H3/b9-8+. The highest BCUT2D eigenvalue weighted by molar-refractivity contribution is 5.30. The second-order valence-electron chi connectivity index (χ2n) is 4.29. The Hall–Kier alpha value is -1.88. The molecule has 0 saturated heterocycles. The highest BCUT2D eigenvalue weighted by atomic mass is 19.3. The highest BCUT2D eigenvalue weighted by Crippen LogP contribution is 2.35. The maximum Gasteiger partial charge on any atom is 0.585 e. The Kier molecular flexibility index (Phi) is 3.57. The smallest absolute Gasteiger partial charge is 0.400 e. The summed E-state index contributed by atoms with van der Waals surface area (Å²) < 4.78 is 34.3. The molecule has 19 heavy (non-hydrogen) atoms. The van der Waals surface area contributed by atoms with Crippen LogP contribution in [0.5, 0.6) is 0 Å². The molecule has 1 N–H and O–H groups in total. The van der Waals surface area contributed by atoms with E-state index < -0.39 is 12.4 Å². The summed E-state index contributed by atoms with van der Waals surface area (Å²) in [6.07, 6.45) is -3.15. The Morgan fingerprint density at radius 3 is 2.42 bits per heavy atom. The monoisotopic (exact) mass is 268 g/mol. The molecule has 1 unspecified atom stereocenters. The first-order valence-electron chi connectivity index (χ1n) is 5.77. The van der Waals surface area contributed by atoms with E-state index in [9.17, 15) is 13.9 Å². The number of aliphatic hydroxyl groups excluding tert-OH is 1. The minimum Gasteiger partial charge on any atom is -0.400 e. The molecule has 1 aromatic carbocycles. The first-order valence-corrected chi connectivity index (χ1v) is 5.77. The Balaban J connectivity index is 2.18. The van der Waals surface area contributed by atoms with Gasteiger partial charge in [0.15, 0.2) is 5.76 Å². The van der Waals surface area contributed by atoms with Gasteiger partial charge in [-0.25, -0.2) is 0 Å². The third-order valence-electron chi connectivity index (χ3n) is 2.75. The van der Waals surface area contributed by atoms with Crippen molar-refractivity contribution < 1.29 is 23.4 Å². The number of aliphatic hydroxyl groups is 1. The molecule has 5 heteroatoms. The van der Waals surface area contributed by atoms with Gasteiger partial charge in [0.1, 0.15) is 11.9 Å². The zero-order valence-corrected chi connectivity index (χ0v) is 10.6. The molecule has 0 fully saturated rings. The average Bonchev–Trinajstić information content (AvgIpc) is 2.62. The van der Waals surface area contributed by atoms with Crippen LogP contribution in [-0.4, -0.2) is 11.4 Å². The summed E-state index contributed by atoms with van der Waals surface area (Å²) in [7, 11) is 0. The number of benzene rings is 1. The zero-order chi connectivity index (χ0) is 14.0. The van der Waals surface area contributed by atoms with Crippen molar-refractivity contribution in [2.45, 2.75) is 26.2 Å². The van der Waals surface area contributed by atoms with Crippen LogP contribution >= 0.6 is 0 Å². The van der Waals surface area contributed by atoms with Crippen molar-refractivity contribution in [2.75, 3.05) is 0 Å². The summed E-state index contributed by atoms with van der Waals surface area (Å²) in [4.78, 5) is 0. The van der Waals surface area contributed by atoms with Gasteiger partial charge in [0.25, 0.3) is 0 Å². The largest absolute Gasteiger partial charge is 0.585 e. The van der Waals surface area contributed by atoms with Crippen LogP contribution in [0.1, 0.15) is 25.5 Å². The van der Waals surface area contributed by atoms with Gasteiger partial charge in [0, 0.05) is 0 Å². The number of alkyl halides is 2. The van der Waals surface area contributed by atoms with Gasteiger partial charge in [0.05, 0.1) is 0 Å². The van der Waals surface area contributed by atoms with Gasteiger partial charge in [-0.1, -0.05) is 30.3 Å². The van der Waals surface area contributed by atoms with Crippen LogP contribution in [0.25, 0.3) is 0 Å². The molecule has 0 amide bonds. The van der Waals surface area contributed by atoms with E-state index in [2.05, 4.69) is 9.47 Å². The van der Waals surface area contributed by atoms with E-state index >= 15 is 0 Å². The number of rotatable bonds is 3. The Morgan fingerprint density at radius 2 is 1.89 bits per heavy atom. The van der Waals surface area contributed by atoms with Crippen molar-refractivity contribution in [1.82, 2.24) is 0 Å². The Morgan fingerprint density at radius 1 is 1.26 bits per heavy atom. The number of halogens is 2. The minimum atomic E-state index is -3.63. The lowest BCUT2D eigenvalue weighted by atomic mass is 10.0. The fraction of sp³-hybridized carbons (Fsp3) is 0.286. The second-order valence-corrected chi connectivity index (χ2v) is 4.29. The number of ether oxygens (including phenoxy) is 2. The molecule has 0 aromatic heterocycles. The van der Waals surface area contributed by atoms with Crippen LogP contribution in [0.15, 0.2) is 53.5 Å². The van der Waals surface area contributed by atoms with Crippen LogP contribution in [0.2, 0.25) is 0 Å². The van der Waals surface area contributed by atoms with E-state index in [1.807, 2.05) is 6.07 Å². The predicted molar refractivity (Wildman–Crippen MR) is 65.0 cm³/mol. The Labute approximate surface area is 109 Å². The van der Waals surface area contributed by atoms with Crippen LogP contribution in [0, 0.1) is 0 Å². The molecule has 1 aliphatic heterocycles. The molecule has 0 bridgehead atoms. The van der Waals surface area contributed by atoms with Crippen LogP contribution in [-0.2, 0) is 9.47 Å². The molecular formula is C14H14F2O3. The molecule has 0 radical (unpaired) electrons. The van der Waals surface area contributed by atoms with Crippen molar-refractivity contribution in [1.29, 1.82) is 0 Å². The molecule has 1 atom stereocenters. The lowest BCUT2D eigenvalue weighted by molar-refractivity contribution is -0.336. The van der Waals surface area contributed by atoms with Gasteiger partial charge in [-0.15, -0.1) is 8.78 Å². The van der Waals surface area contributed by atoms with Gasteiger partial charge in [-0.2, -0.15) is 0 Å². The fourth-order valence-corrected chi connectivity index (χ4v) is 1.76. The summed E-state index contributed by atoms with van der Waals surface area (Å²) in [6, 6.07) is 8.92. The summed E-state index contributed by atoms with van der Waals surface area (Å²) in [5.41, 5.74) is 1.17. The SMILES string of the molecule is CC1=C(/C=C(\C)C(O)c2ccccc2)OC(F)(F)O1. The molecule has 0 spiro atoms. The summed E-state index contributed by atoms with van der Waals surface area (Å²) in [6.45, 7) is 3.02. The van der Waals surface area contributed by atoms with Crippen molar-refractivity contribution in [2.24, 2.45) is 0 Å². The summed E-state index contributed by atoms with van der Waals surface area (Å²) in [5.74, 6) is -0.0814. The molecular weight excluding hydrogens is 254 g/mol. The molecule has 102 valence electrons. The van der Waals surface area contributed by atoms with E-state index in [0.29, 0.717) is 11.1 Å². The molecule has 1 aliphatic rings. The maximum absolute atomic E-state index is 12.8. The van der Waals surface area contributed by atoms with E-state index in [1.54, 1.807) is 31.2 Å². The zero-order valence-electron chi connectivity index (χ0n) is 10.6. The lowest BCUT2D eigenvalue weighted by Crippen LogP contribution is -2.16. The maximum atomic E-state index is 12.8. The number of allylic oxidation sites excluding steroid dienone is 2.